The summed E-state index contributed by atoms with van der Waals surface area (Å²) >= 11 is 0. The van der Waals surface area contributed by atoms with E-state index in [1.54, 1.807) is 37.3 Å². The number of benzene rings is 2. The van der Waals surface area contributed by atoms with Gasteiger partial charge >= 0.3 is 6.09 Å². The van der Waals surface area contributed by atoms with Gasteiger partial charge in [0.15, 0.2) is 0 Å². The highest BCUT2D eigenvalue weighted by Crippen LogP contribution is 2.30. The zero-order valence-corrected chi connectivity index (χ0v) is 16.0. The normalized spacial score (nSPS) is 13.9. The van der Waals surface area contributed by atoms with Crippen LogP contribution in [0.15, 0.2) is 36.4 Å². The van der Waals surface area contributed by atoms with Crippen molar-refractivity contribution in [3.8, 4) is 0 Å². The second-order valence-corrected chi connectivity index (χ2v) is 8.22. The minimum absolute atomic E-state index is 0.0904. The number of fused-ring (bicyclic) bond motifs is 1. The van der Waals surface area contributed by atoms with Crippen molar-refractivity contribution in [1.82, 2.24) is 0 Å². The van der Waals surface area contributed by atoms with E-state index < -0.39 is 21.9 Å². The number of carbonyl (C=O) groups excluding carboxylic acids is 1. The van der Waals surface area contributed by atoms with Crippen molar-refractivity contribution >= 4 is 27.5 Å². The van der Waals surface area contributed by atoms with Gasteiger partial charge in [-0.2, -0.15) is 0 Å². The maximum absolute atomic E-state index is 13.6. The molecule has 0 spiro atoms. The first-order chi connectivity index (χ1) is 12.8. The third-order valence-corrected chi connectivity index (χ3v) is 5.52. The molecule has 8 heteroatoms. The number of hydrogen-bond donors (Lipinski definition) is 1. The highest BCUT2D eigenvalue weighted by molar-refractivity contribution is 7.91. The molecule has 1 amide bonds. The molecule has 0 aliphatic carbocycles. The molecular formula is C19H21FN2O4S. The van der Waals surface area contributed by atoms with Crippen LogP contribution in [0.5, 0.6) is 0 Å². The Bertz CT molecular complexity index is 976. The Morgan fingerprint density at radius 3 is 2.70 bits per heavy atom. The smallest absolute Gasteiger partial charge is 0.414 e. The van der Waals surface area contributed by atoms with Crippen LogP contribution in [0.2, 0.25) is 0 Å². The van der Waals surface area contributed by atoms with Gasteiger partial charge in [0.05, 0.1) is 11.4 Å². The van der Waals surface area contributed by atoms with Crippen LogP contribution in [0.3, 0.4) is 0 Å². The molecule has 0 unspecified atom stereocenters. The molecule has 144 valence electrons. The summed E-state index contributed by atoms with van der Waals surface area (Å²) in [5, 5.41) is 0. The first-order valence-corrected chi connectivity index (χ1v) is 10.3. The molecule has 2 aromatic carbocycles. The Hall–Kier alpha value is -2.61. The molecular weight excluding hydrogens is 371 g/mol. The van der Waals surface area contributed by atoms with E-state index >= 15 is 0 Å². The monoisotopic (exact) mass is 392 g/mol. The summed E-state index contributed by atoms with van der Waals surface area (Å²) in [7, 11) is -3.72. The van der Waals surface area contributed by atoms with Crippen LogP contribution in [-0.2, 0) is 27.1 Å². The Balaban J connectivity index is 1.79. The number of anilines is 2. The number of ether oxygens (including phenoxy) is 1. The number of nitrogens with one attached hydrogen (secondary N) is 1. The summed E-state index contributed by atoms with van der Waals surface area (Å²) in [5.41, 5.74) is 2.65. The van der Waals surface area contributed by atoms with E-state index in [1.165, 1.54) is 11.0 Å². The fourth-order valence-corrected chi connectivity index (χ4v) is 4.12. The summed E-state index contributed by atoms with van der Waals surface area (Å²) in [6.07, 6.45) is 0.370. The van der Waals surface area contributed by atoms with Gasteiger partial charge in [0.25, 0.3) is 0 Å². The standard InChI is InChI=1S/C19H21FN2O4S/c1-3-8-22-18-7-6-16(10-15(18)11-26-19(22)23)21-27(24,25)12-14-5-4-13(2)17(20)9-14/h4-7,9-10,21H,3,8,11-12H2,1-2H3. The molecule has 0 fully saturated rings. The van der Waals surface area contributed by atoms with Gasteiger partial charge in [-0.15, -0.1) is 0 Å². The molecule has 6 nitrogen and oxygen atoms in total. The molecule has 0 bridgehead atoms. The van der Waals surface area contributed by atoms with Gasteiger partial charge in [-0.25, -0.2) is 17.6 Å². The van der Waals surface area contributed by atoms with E-state index in [-0.39, 0.29) is 12.4 Å². The lowest BCUT2D eigenvalue weighted by atomic mass is 10.1. The van der Waals surface area contributed by atoms with Gasteiger partial charge in [0.1, 0.15) is 12.4 Å². The first kappa shape index (κ1) is 19.2. The zero-order valence-electron chi connectivity index (χ0n) is 15.2. The van der Waals surface area contributed by atoms with Crippen molar-refractivity contribution in [2.75, 3.05) is 16.2 Å². The van der Waals surface area contributed by atoms with E-state index in [0.29, 0.717) is 23.4 Å². The summed E-state index contributed by atoms with van der Waals surface area (Å²) in [5.74, 6) is -0.771. The molecule has 1 N–H and O–H groups in total. The van der Waals surface area contributed by atoms with Crippen molar-refractivity contribution < 1.29 is 22.3 Å². The van der Waals surface area contributed by atoms with E-state index in [0.717, 1.165) is 17.7 Å². The Labute approximate surface area is 158 Å². The van der Waals surface area contributed by atoms with Crippen LogP contribution in [0.25, 0.3) is 0 Å². The fraction of sp³-hybridized carbons (Fsp3) is 0.316. The molecule has 3 rings (SSSR count). The van der Waals surface area contributed by atoms with E-state index in [1.807, 2.05) is 6.92 Å². The lowest BCUT2D eigenvalue weighted by molar-refractivity contribution is 0.142. The van der Waals surface area contributed by atoms with E-state index in [2.05, 4.69) is 4.72 Å². The number of nitrogens with zero attached hydrogens (tertiary/aromatic N) is 1. The Kier molecular flexibility index (Phi) is 5.36. The molecule has 0 saturated heterocycles. The number of aryl methyl sites for hydroxylation is 1. The summed E-state index contributed by atoms with van der Waals surface area (Å²) in [6.45, 7) is 4.19. The quantitative estimate of drug-likeness (QED) is 0.808. The van der Waals surface area contributed by atoms with Gasteiger partial charge in [-0.3, -0.25) is 9.62 Å². The van der Waals surface area contributed by atoms with Crippen LogP contribution >= 0.6 is 0 Å². The number of amides is 1. The maximum Gasteiger partial charge on any atom is 0.414 e. The molecule has 27 heavy (non-hydrogen) atoms. The van der Waals surface area contributed by atoms with Gasteiger partial charge in [-0.05, 0) is 48.7 Å². The number of sulfonamides is 1. The summed E-state index contributed by atoms with van der Waals surface area (Å²) in [6, 6.07) is 9.33. The van der Waals surface area contributed by atoms with Gasteiger partial charge < -0.3 is 4.74 Å². The molecule has 0 atom stereocenters. The highest BCUT2D eigenvalue weighted by atomic mass is 32.2. The SMILES string of the molecule is CCCN1C(=O)OCc2cc(NS(=O)(=O)Cc3ccc(C)c(F)c3)ccc21. The molecule has 0 radical (unpaired) electrons. The number of hydrogen-bond acceptors (Lipinski definition) is 4. The topological polar surface area (TPSA) is 75.7 Å². The molecule has 1 aliphatic heterocycles. The van der Waals surface area contributed by atoms with E-state index in [9.17, 15) is 17.6 Å². The van der Waals surface area contributed by atoms with Crippen molar-refractivity contribution in [2.45, 2.75) is 32.6 Å². The number of rotatable bonds is 6. The second kappa shape index (κ2) is 7.56. The molecule has 0 aromatic heterocycles. The minimum atomic E-state index is -3.72. The average molecular weight is 392 g/mol. The van der Waals surface area contributed by atoms with Crippen molar-refractivity contribution in [1.29, 1.82) is 0 Å². The number of cyclic esters (lactones) is 1. The average Bonchev–Trinajstić information content (AvgIpc) is 2.60. The molecule has 1 heterocycles. The lowest BCUT2D eigenvalue weighted by Gasteiger charge is -2.29. The van der Waals surface area contributed by atoms with Crippen LogP contribution in [0.1, 0.15) is 30.0 Å². The molecule has 2 aromatic rings. The third-order valence-electron chi connectivity index (χ3n) is 4.26. The maximum atomic E-state index is 13.6. The molecule has 1 aliphatic rings. The van der Waals surface area contributed by atoms with Crippen LogP contribution in [0, 0.1) is 12.7 Å². The second-order valence-electron chi connectivity index (χ2n) is 6.49. The Morgan fingerprint density at radius 1 is 1.22 bits per heavy atom. The van der Waals surface area contributed by atoms with Crippen molar-refractivity contribution in [3.63, 3.8) is 0 Å². The molecule has 0 saturated carbocycles. The van der Waals surface area contributed by atoms with Gasteiger partial charge in [-0.1, -0.05) is 19.1 Å². The third kappa shape index (κ3) is 4.39. The van der Waals surface area contributed by atoms with Gasteiger partial charge in [0.2, 0.25) is 10.0 Å². The predicted molar refractivity (Wildman–Crippen MR) is 102 cm³/mol. The van der Waals surface area contributed by atoms with Crippen LogP contribution in [0.4, 0.5) is 20.6 Å². The largest absolute Gasteiger partial charge is 0.444 e. The van der Waals surface area contributed by atoms with Crippen molar-refractivity contribution in [2.24, 2.45) is 0 Å². The lowest BCUT2D eigenvalue weighted by Crippen LogP contribution is -2.36. The zero-order chi connectivity index (χ0) is 19.6. The number of carbonyl (C=O) groups is 1. The summed E-state index contributed by atoms with van der Waals surface area (Å²) < 4.78 is 46.1. The van der Waals surface area contributed by atoms with E-state index in [4.69, 9.17) is 4.74 Å². The highest BCUT2D eigenvalue weighted by Gasteiger charge is 2.25. The first-order valence-electron chi connectivity index (χ1n) is 8.62. The van der Waals surface area contributed by atoms with Crippen molar-refractivity contribution in [3.05, 3.63) is 58.9 Å². The fourth-order valence-electron chi connectivity index (χ4n) is 2.94. The summed E-state index contributed by atoms with van der Waals surface area (Å²) in [4.78, 5) is 13.4. The number of halogens is 1. The predicted octanol–water partition coefficient (Wildman–Crippen LogP) is 3.94. The van der Waals surface area contributed by atoms with Crippen LogP contribution < -0.4 is 9.62 Å². The van der Waals surface area contributed by atoms with Gasteiger partial charge in [0, 0.05) is 17.8 Å². The van der Waals surface area contributed by atoms with Crippen LogP contribution in [-0.4, -0.2) is 21.1 Å². The minimum Gasteiger partial charge on any atom is -0.444 e. The Morgan fingerprint density at radius 2 is 2.00 bits per heavy atom.